The number of hydrogen-bond donors (Lipinski definition) is 3. The van der Waals surface area contributed by atoms with Gasteiger partial charge in [0.2, 0.25) is 5.95 Å². The molecule has 19 heavy (non-hydrogen) atoms. The standard InChI is InChI=1S/C13H10ClFN4/c14-8-2-1-3-10(12(8)15)18-13-17-9-5-4-7(16)6-11(9)19-13/h1-6H,16H2,(H2,17,18,19). The second-order valence-corrected chi connectivity index (χ2v) is 4.50. The SMILES string of the molecule is Nc1ccc2nc(Nc3cccc(Cl)c3F)[nH]c2c1. The van der Waals surface area contributed by atoms with Crippen molar-refractivity contribution in [3.05, 3.63) is 47.2 Å². The number of nitrogen functional groups attached to an aromatic ring is 1. The lowest BCUT2D eigenvalue weighted by molar-refractivity contribution is 0.632. The van der Waals surface area contributed by atoms with Crippen molar-refractivity contribution >= 4 is 40.0 Å². The zero-order valence-corrected chi connectivity index (χ0v) is 10.5. The summed E-state index contributed by atoms with van der Waals surface area (Å²) in [6, 6.07) is 10.0. The smallest absolute Gasteiger partial charge is 0.205 e. The number of hydrogen-bond acceptors (Lipinski definition) is 3. The maximum absolute atomic E-state index is 13.8. The van der Waals surface area contributed by atoms with Crippen molar-refractivity contribution in [3.63, 3.8) is 0 Å². The van der Waals surface area contributed by atoms with Crippen LogP contribution in [0.5, 0.6) is 0 Å². The Balaban J connectivity index is 1.99. The van der Waals surface area contributed by atoms with Crippen LogP contribution in [0.1, 0.15) is 0 Å². The van der Waals surface area contributed by atoms with Crippen LogP contribution < -0.4 is 11.1 Å². The minimum Gasteiger partial charge on any atom is -0.399 e. The number of aromatic amines is 1. The third kappa shape index (κ3) is 2.20. The molecule has 1 aromatic heterocycles. The summed E-state index contributed by atoms with van der Waals surface area (Å²) in [4.78, 5) is 7.31. The van der Waals surface area contributed by atoms with Crippen molar-refractivity contribution in [1.29, 1.82) is 0 Å². The van der Waals surface area contributed by atoms with Gasteiger partial charge in [0.25, 0.3) is 0 Å². The summed E-state index contributed by atoms with van der Waals surface area (Å²) in [6.07, 6.45) is 0. The molecule has 96 valence electrons. The number of fused-ring (bicyclic) bond motifs is 1. The fraction of sp³-hybridized carbons (Fsp3) is 0. The van der Waals surface area contributed by atoms with Crippen LogP contribution in [0.3, 0.4) is 0 Å². The Morgan fingerprint density at radius 3 is 2.95 bits per heavy atom. The van der Waals surface area contributed by atoms with E-state index < -0.39 is 5.82 Å². The molecule has 0 spiro atoms. The second-order valence-electron chi connectivity index (χ2n) is 4.09. The fourth-order valence-electron chi connectivity index (χ4n) is 1.81. The molecule has 0 radical (unpaired) electrons. The molecular formula is C13H10ClFN4. The number of H-pyrrole nitrogens is 1. The molecule has 0 aliphatic heterocycles. The van der Waals surface area contributed by atoms with Gasteiger partial charge in [-0.2, -0.15) is 0 Å². The third-order valence-electron chi connectivity index (χ3n) is 2.71. The van der Waals surface area contributed by atoms with E-state index in [9.17, 15) is 4.39 Å². The van der Waals surface area contributed by atoms with E-state index in [2.05, 4.69) is 15.3 Å². The van der Waals surface area contributed by atoms with Crippen molar-refractivity contribution in [2.24, 2.45) is 0 Å². The summed E-state index contributed by atoms with van der Waals surface area (Å²) in [7, 11) is 0. The molecule has 1 heterocycles. The Hall–Kier alpha value is -2.27. The van der Waals surface area contributed by atoms with Crippen molar-refractivity contribution in [1.82, 2.24) is 9.97 Å². The van der Waals surface area contributed by atoms with Crippen LogP contribution in [0.25, 0.3) is 11.0 Å². The minimum atomic E-state index is -0.510. The molecule has 0 unspecified atom stereocenters. The highest BCUT2D eigenvalue weighted by Gasteiger charge is 2.08. The normalized spacial score (nSPS) is 10.8. The van der Waals surface area contributed by atoms with Gasteiger partial charge in [0, 0.05) is 5.69 Å². The van der Waals surface area contributed by atoms with E-state index >= 15 is 0 Å². The van der Waals surface area contributed by atoms with Crippen molar-refractivity contribution in [3.8, 4) is 0 Å². The summed E-state index contributed by atoms with van der Waals surface area (Å²) in [5.41, 5.74) is 8.11. The van der Waals surface area contributed by atoms with Gasteiger partial charge in [0.1, 0.15) is 0 Å². The van der Waals surface area contributed by atoms with E-state index in [1.54, 1.807) is 30.3 Å². The predicted molar refractivity (Wildman–Crippen MR) is 75.2 cm³/mol. The quantitative estimate of drug-likeness (QED) is 0.626. The number of halogens is 2. The molecule has 0 saturated heterocycles. The van der Waals surface area contributed by atoms with Gasteiger partial charge in [0.05, 0.1) is 21.7 Å². The lowest BCUT2D eigenvalue weighted by Crippen LogP contribution is -1.95. The number of nitrogens with one attached hydrogen (secondary N) is 2. The van der Waals surface area contributed by atoms with Crippen molar-refractivity contribution in [2.75, 3.05) is 11.1 Å². The summed E-state index contributed by atoms with van der Waals surface area (Å²) < 4.78 is 13.8. The molecule has 0 aliphatic carbocycles. The van der Waals surface area contributed by atoms with Gasteiger partial charge in [-0.3, -0.25) is 0 Å². The van der Waals surface area contributed by atoms with Crippen LogP contribution in [0.2, 0.25) is 5.02 Å². The fourth-order valence-corrected chi connectivity index (χ4v) is 1.99. The second kappa shape index (κ2) is 4.44. The number of imidazole rings is 1. The highest BCUT2D eigenvalue weighted by atomic mass is 35.5. The summed E-state index contributed by atoms with van der Waals surface area (Å²) >= 11 is 5.72. The first-order valence-corrected chi connectivity index (χ1v) is 5.97. The third-order valence-corrected chi connectivity index (χ3v) is 3.00. The lowest BCUT2D eigenvalue weighted by atomic mass is 10.3. The Morgan fingerprint density at radius 2 is 2.11 bits per heavy atom. The molecule has 2 aromatic carbocycles. The molecule has 0 bridgehead atoms. The average molecular weight is 277 g/mol. The van der Waals surface area contributed by atoms with Crippen molar-refractivity contribution in [2.45, 2.75) is 0 Å². The van der Waals surface area contributed by atoms with E-state index in [0.717, 1.165) is 11.0 Å². The maximum atomic E-state index is 13.8. The molecule has 0 aliphatic rings. The van der Waals surface area contributed by atoms with Crippen LogP contribution in [-0.4, -0.2) is 9.97 Å². The van der Waals surface area contributed by atoms with Gasteiger partial charge in [-0.25, -0.2) is 9.37 Å². The monoisotopic (exact) mass is 276 g/mol. The first-order chi connectivity index (χ1) is 9.13. The Kier molecular flexibility index (Phi) is 2.76. The molecule has 0 amide bonds. The molecule has 4 nitrogen and oxygen atoms in total. The molecule has 0 fully saturated rings. The zero-order valence-electron chi connectivity index (χ0n) is 9.74. The molecule has 4 N–H and O–H groups in total. The number of aromatic nitrogens is 2. The molecular weight excluding hydrogens is 267 g/mol. The van der Waals surface area contributed by atoms with Crippen LogP contribution >= 0.6 is 11.6 Å². The number of nitrogens with zero attached hydrogens (tertiary/aromatic N) is 1. The Labute approximate surface area is 113 Å². The number of rotatable bonds is 2. The van der Waals surface area contributed by atoms with Crippen LogP contribution in [0, 0.1) is 5.82 Å². The highest BCUT2D eigenvalue weighted by molar-refractivity contribution is 6.31. The average Bonchev–Trinajstić information content (AvgIpc) is 2.76. The molecule has 0 atom stereocenters. The number of anilines is 3. The zero-order chi connectivity index (χ0) is 13.4. The van der Waals surface area contributed by atoms with E-state index in [4.69, 9.17) is 17.3 Å². The summed E-state index contributed by atoms with van der Waals surface area (Å²) in [5.74, 6) is -0.0779. The van der Waals surface area contributed by atoms with E-state index in [0.29, 0.717) is 11.6 Å². The highest BCUT2D eigenvalue weighted by Crippen LogP contribution is 2.25. The van der Waals surface area contributed by atoms with Gasteiger partial charge < -0.3 is 16.0 Å². The maximum Gasteiger partial charge on any atom is 0.205 e. The summed E-state index contributed by atoms with van der Waals surface area (Å²) in [5, 5.41) is 2.92. The minimum absolute atomic E-state index is 0.0605. The summed E-state index contributed by atoms with van der Waals surface area (Å²) in [6.45, 7) is 0. The first kappa shape index (κ1) is 11.8. The molecule has 3 aromatic rings. The van der Waals surface area contributed by atoms with E-state index in [-0.39, 0.29) is 10.7 Å². The van der Waals surface area contributed by atoms with Gasteiger partial charge in [-0.05, 0) is 30.3 Å². The first-order valence-electron chi connectivity index (χ1n) is 5.60. The molecule has 6 heteroatoms. The molecule has 3 rings (SSSR count). The van der Waals surface area contributed by atoms with Gasteiger partial charge in [-0.15, -0.1) is 0 Å². The number of benzene rings is 2. The lowest BCUT2D eigenvalue weighted by Gasteiger charge is -2.04. The van der Waals surface area contributed by atoms with Gasteiger partial charge >= 0.3 is 0 Å². The number of nitrogens with two attached hydrogens (primary N) is 1. The van der Waals surface area contributed by atoms with Gasteiger partial charge in [-0.1, -0.05) is 17.7 Å². The van der Waals surface area contributed by atoms with Gasteiger partial charge in [0.15, 0.2) is 5.82 Å². The topological polar surface area (TPSA) is 66.7 Å². The van der Waals surface area contributed by atoms with Crippen LogP contribution in [-0.2, 0) is 0 Å². The largest absolute Gasteiger partial charge is 0.399 e. The van der Waals surface area contributed by atoms with Crippen molar-refractivity contribution < 1.29 is 4.39 Å². The Morgan fingerprint density at radius 1 is 1.26 bits per heavy atom. The van der Waals surface area contributed by atoms with Crippen LogP contribution in [0.15, 0.2) is 36.4 Å². The predicted octanol–water partition coefficient (Wildman–Crippen LogP) is 3.68. The van der Waals surface area contributed by atoms with Crippen LogP contribution in [0.4, 0.5) is 21.7 Å². The molecule has 0 saturated carbocycles. The van der Waals surface area contributed by atoms with E-state index in [1.165, 1.54) is 6.07 Å². The van der Waals surface area contributed by atoms with E-state index in [1.807, 2.05) is 0 Å². The Bertz CT molecular complexity index is 753.